The molecule has 0 rings (SSSR count). The van der Waals surface area contributed by atoms with E-state index in [1.807, 2.05) is 29.5 Å². The fourth-order valence-electron chi connectivity index (χ4n) is 1.03. The van der Waals surface area contributed by atoms with Gasteiger partial charge in [-0.15, -0.1) is 0 Å². The molecule has 7 heteroatoms. The smallest absolute Gasteiger partial charge is 0.246 e. The SMILES string of the molecule is CCCOCCOCC(=O)NCCNC(=O)CI. The van der Waals surface area contributed by atoms with Crippen molar-refractivity contribution in [2.45, 2.75) is 13.3 Å². The third-order valence-electron chi connectivity index (χ3n) is 1.84. The lowest BCUT2D eigenvalue weighted by Gasteiger charge is -2.07. The number of carbonyl (C=O) groups is 2. The second-order valence-electron chi connectivity index (χ2n) is 3.50. The lowest BCUT2D eigenvalue weighted by molar-refractivity contribution is -0.126. The Bertz CT molecular complexity index is 239. The summed E-state index contributed by atoms with van der Waals surface area (Å²) < 4.78 is 10.7. The number of hydrogen-bond donors (Lipinski definition) is 2. The molecule has 0 fully saturated rings. The van der Waals surface area contributed by atoms with E-state index in [0.29, 0.717) is 37.3 Å². The van der Waals surface area contributed by atoms with Crippen LogP contribution < -0.4 is 10.6 Å². The predicted octanol–water partition coefficient (Wildman–Crippen LogP) is 0.0970. The van der Waals surface area contributed by atoms with Gasteiger partial charge < -0.3 is 20.1 Å². The van der Waals surface area contributed by atoms with Crippen molar-refractivity contribution in [2.75, 3.05) is 43.9 Å². The Morgan fingerprint density at radius 1 is 1.00 bits per heavy atom. The van der Waals surface area contributed by atoms with Gasteiger partial charge in [-0.25, -0.2) is 0 Å². The first kappa shape index (κ1) is 17.6. The van der Waals surface area contributed by atoms with E-state index in [1.54, 1.807) is 0 Å². The average molecular weight is 372 g/mol. The summed E-state index contributed by atoms with van der Waals surface area (Å²) in [6, 6.07) is 0. The Kier molecular flexibility index (Phi) is 12.7. The van der Waals surface area contributed by atoms with Crippen molar-refractivity contribution in [3.63, 3.8) is 0 Å². The van der Waals surface area contributed by atoms with Crippen LogP contribution in [0.15, 0.2) is 0 Å². The standard InChI is InChI=1S/C11H21IN2O4/c1-2-5-17-6-7-18-9-11(16)14-4-3-13-10(15)8-12/h2-9H2,1H3,(H,13,15)(H,14,16). The third kappa shape index (κ3) is 12.1. The maximum atomic E-state index is 11.3. The van der Waals surface area contributed by atoms with Gasteiger partial charge in [-0.1, -0.05) is 29.5 Å². The van der Waals surface area contributed by atoms with E-state index in [4.69, 9.17) is 9.47 Å². The van der Waals surface area contributed by atoms with Gasteiger partial charge in [0.15, 0.2) is 0 Å². The van der Waals surface area contributed by atoms with E-state index in [-0.39, 0.29) is 18.4 Å². The van der Waals surface area contributed by atoms with Gasteiger partial charge in [0.2, 0.25) is 11.8 Å². The fraction of sp³-hybridized carbons (Fsp3) is 0.818. The maximum Gasteiger partial charge on any atom is 0.246 e. The van der Waals surface area contributed by atoms with Crippen molar-refractivity contribution in [3.8, 4) is 0 Å². The predicted molar refractivity (Wildman–Crippen MR) is 76.8 cm³/mol. The van der Waals surface area contributed by atoms with Crippen LogP contribution in [0.4, 0.5) is 0 Å². The number of rotatable bonds is 11. The van der Waals surface area contributed by atoms with E-state index >= 15 is 0 Å². The van der Waals surface area contributed by atoms with Crippen molar-refractivity contribution in [3.05, 3.63) is 0 Å². The van der Waals surface area contributed by atoms with Crippen LogP contribution in [-0.4, -0.2) is 55.8 Å². The Balaban J connectivity index is 3.25. The molecule has 0 radical (unpaired) electrons. The molecule has 0 aliphatic rings. The van der Waals surface area contributed by atoms with Crippen LogP contribution in [0.3, 0.4) is 0 Å². The highest BCUT2D eigenvalue weighted by Crippen LogP contribution is 1.82. The summed E-state index contributed by atoms with van der Waals surface area (Å²) in [6.45, 7) is 4.54. The lowest BCUT2D eigenvalue weighted by Crippen LogP contribution is -2.36. The first-order valence-electron chi connectivity index (χ1n) is 5.95. The minimum absolute atomic E-state index is 0.0235. The van der Waals surface area contributed by atoms with Gasteiger partial charge in [-0.05, 0) is 6.42 Å². The molecule has 0 heterocycles. The van der Waals surface area contributed by atoms with Crippen molar-refractivity contribution in [1.29, 1.82) is 0 Å². The van der Waals surface area contributed by atoms with E-state index in [0.717, 1.165) is 6.42 Å². The summed E-state index contributed by atoms with van der Waals surface area (Å²) >= 11 is 1.98. The molecule has 6 nitrogen and oxygen atoms in total. The third-order valence-corrected chi connectivity index (χ3v) is 2.54. The summed E-state index contributed by atoms with van der Waals surface area (Å²) in [5.41, 5.74) is 0. The molecule has 0 unspecified atom stereocenters. The molecule has 0 saturated carbocycles. The number of ether oxygens (including phenoxy) is 2. The van der Waals surface area contributed by atoms with Crippen LogP contribution in [0, 0.1) is 0 Å². The zero-order valence-electron chi connectivity index (χ0n) is 10.7. The fourth-order valence-corrected chi connectivity index (χ4v) is 1.30. The monoisotopic (exact) mass is 372 g/mol. The van der Waals surface area contributed by atoms with Gasteiger partial charge in [-0.2, -0.15) is 0 Å². The molecule has 0 saturated heterocycles. The average Bonchev–Trinajstić information content (AvgIpc) is 2.38. The van der Waals surface area contributed by atoms with Crippen LogP contribution in [0.25, 0.3) is 0 Å². The zero-order valence-corrected chi connectivity index (χ0v) is 12.8. The Morgan fingerprint density at radius 3 is 2.22 bits per heavy atom. The van der Waals surface area contributed by atoms with Crippen molar-refractivity contribution >= 4 is 34.4 Å². The normalized spacial score (nSPS) is 10.1. The number of halogens is 1. The van der Waals surface area contributed by atoms with Crippen LogP contribution in [0.1, 0.15) is 13.3 Å². The van der Waals surface area contributed by atoms with Crippen molar-refractivity contribution in [1.82, 2.24) is 10.6 Å². The van der Waals surface area contributed by atoms with Crippen molar-refractivity contribution in [2.24, 2.45) is 0 Å². The lowest BCUT2D eigenvalue weighted by atomic mass is 10.5. The zero-order chi connectivity index (χ0) is 13.6. The van der Waals surface area contributed by atoms with Crippen LogP contribution in [0.5, 0.6) is 0 Å². The molecule has 0 aliphatic carbocycles. The van der Waals surface area contributed by atoms with Crippen LogP contribution >= 0.6 is 22.6 Å². The summed E-state index contributed by atoms with van der Waals surface area (Å²) in [5.74, 6) is -0.219. The van der Waals surface area contributed by atoms with Crippen molar-refractivity contribution < 1.29 is 19.1 Å². The van der Waals surface area contributed by atoms with Gasteiger partial charge in [-0.3, -0.25) is 9.59 Å². The summed E-state index contributed by atoms with van der Waals surface area (Å²) in [6.07, 6.45) is 0.976. The molecule has 0 aromatic rings. The van der Waals surface area contributed by atoms with E-state index < -0.39 is 0 Å². The Hall–Kier alpha value is -0.410. The molecule has 18 heavy (non-hydrogen) atoms. The molecular formula is C11H21IN2O4. The highest BCUT2D eigenvalue weighted by Gasteiger charge is 2.01. The van der Waals surface area contributed by atoms with Gasteiger partial charge in [0, 0.05) is 19.7 Å². The minimum atomic E-state index is -0.186. The van der Waals surface area contributed by atoms with Gasteiger partial charge >= 0.3 is 0 Å². The van der Waals surface area contributed by atoms with Crippen LogP contribution in [0.2, 0.25) is 0 Å². The Morgan fingerprint density at radius 2 is 1.61 bits per heavy atom. The molecule has 2 amide bonds. The topological polar surface area (TPSA) is 76.7 Å². The second kappa shape index (κ2) is 13.0. The maximum absolute atomic E-state index is 11.3. The van der Waals surface area contributed by atoms with E-state index in [2.05, 4.69) is 10.6 Å². The highest BCUT2D eigenvalue weighted by molar-refractivity contribution is 14.1. The molecular weight excluding hydrogens is 351 g/mol. The first-order valence-corrected chi connectivity index (χ1v) is 7.48. The van der Waals surface area contributed by atoms with E-state index in [1.165, 1.54) is 0 Å². The number of alkyl halides is 1. The molecule has 0 aromatic carbocycles. The van der Waals surface area contributed by atoms with Crippen LogP contribution in [-0.2, 0) is 19.1 Å². The summed E-state index contributed by atoms with van der Waals surface area (Å²) in [4.78, 5) is 22.1. The summed E-state index contributed by atoms with van der Waals surface area (Å²) in [7, 11) is 0. The number of nitrogens with one attached hydrogen (secondary N) is 2. The molecule has 0 aromatic heterocycles. The quantitative estimate of drug-likeness (QED) is 0.306. The molecule has 2 N–H and O–H groups in total. The first-order chi connectivity index (χ1) is 8.70. The molecule has 0 bridgehead atoms. The molecule has 106 valence electrons. The van der Waals surface area contributed by atoms with Gasteiger partial charge in [0.05, 0.1) is 17.6 Å². The molecule has 0 spiro atoms. The minimum Gasteiger partial charge on any atom is -0.379 e. The molecule has 0 atom stereocenters. The molecule has 0 aliphatic heterocycles. The number of carbonyl (C=O) groups excluding carboxylic acids is 2. The number of hydrogen-bond acceptors (Lipinski definition) is 4. The highest BCUT2D eigenvalue weighted by atomic mass is 127. The second-order valence-corrected chi connectivity index (χ2v) is 4.26. The van der Waals surface area contributed by atoms with E-state index in [9.17, 15) is 9.59 Å². The summed E-state index contributed by atoms with van der Waals surface area (Å²) in [5, 5.41) is 5.30. The van der Waals surface area contributed by atoms with Gasteiger partial charge in [0.25, 0.3) is 0 Å². The Labute approximate surface area is 121 Å². The largest absolute Gasteiger partial charge is 0.379 e. The number of amides is 2. The van der Waals surface area contributed by atoms with Gasteiger partial charge in [0.1, 0.15) is 6.61 Å².